The maximum absolute atomic E-state index is 9.59. The molecular weight excluding hydrogens is 320 g/mol. The van der Waals surface area contributed by atoms with Gasteiger partial charge in [-0.3, -0.25) is 0 Å². The topological polar surface area (TPSA) is 109 Å². The van der Waals surface area contributed by atoms with Gasteiger partial charge in [0.05, 0.1) is 13.7 Å². The lowest BCUT2D eigenvalue weighted by Gasteiger charge is -2.04. The molecule has 0 spiro atoms. The van der Waals surface area contributed by atoms with Gasteiger partial charge in [0.15, 0.2) is 17.1 Å². The molecule has 8 nitrogen and oxygen atoms in total. The van der Waals surface area contributed by atoms with E-state index >= 15 is 0 Å². The van der Waals surface area contributed by atoms with Crippen LogP contribution in [0.25, 0.3) is 22.1 Å². The third-order valence-electron chi connectivity index (χ3n) is 3.77. The Labute approximate surface area is 142 Å². The van der Waals surface area contributed by atoms with Crippen LogP contribution in [0.3, 0.4) is 0 Å². The van der Waals surface area contributed by atoms with E-state index in [2.05, 4.69) is 30.4 Å². The molecule has 2 heterocycles. The summed E-state index contributed by atoms with van der Waals surface area (Å²) in [6.45, 7) is 0.310. The molecule has 0 atom stereocenters. The number of rotatable bonds is 4. The molecule has 0 fully saturated rings. The van der Waals surface area contributed by atoms with Crippen molar-refractivity contribution in [3.63, 3.8) is 0 Å². The van der Waals surface area contributed by atoms with Gasteiger partial charge in [0, 0.05) is 10.9 Å². The number of azo groups is 1. The molecule has 0 unspecified atom stereocenters. The highest BCUT2D eigenvalue weighted by Crippen LogP contribution is 2.27. The van der Waals surface area contributed by atoms with Gasteiger partial charge in [-0.2, -0.15) is 10.1 Å². The maximum atomic E-state index is 9.59. The van der Waals surface area contributed by atoms with Crippen LogP contribution in [0.1, 0.15) is 5.56 Å². The summed E-state index contributed by atoms with van der Waals surface area (Å²) in [6.07, 6.45) is 0. The van der Waals surface area contributed by atoms with Gasteiger partial charge in [-0.1, -0.05) is 24.3 Å². The lowest BCUT2D eigenvalue weighted by Crippen LogP contribution is -1.88. The molecule has 0 saturated heterocycles. The van der Waals surface area contributed by atoms with Crippen LogP contribution in [-0.4, -0.2) is 32.4 Å². The highest BCUT2D eigenvalue weighted by molar-refractivity contribution is 6.03. The minimum absolute atomic E-state index is 0.0833. The summed E-state index contributed by atoms with van der Waals surface area (Å²) < 4.78 is 5.07. The zero-order valence-corrected chi connectivity index (χ0v) is 13.3. The third kappa shape index (κ3) is 2.85. The first-order valence-electron chi connectivity index (χ1n) is 7.59. The number of nitrogens with zero attached hydrogens (tertiary/aromatic N) is 5. The third-order valence-corrected chi connectivity index (χ3v) is 3.77. The van der Waals surface area contributed by atoms with Gasteiger partial charge in [0.25, 0.3) is 5.95 Å². The predicted molar refractivity (Wildman–Crippen MR) is 92.1 cm³/mol. The Balaban J connectivity index is 1.58. The Morgan fingerprint density at radius 3 is 2.92 bits per heavy atom. The standard InChI is InChI=1S/C17H14N6O2/c1-25-14-8-10(6-7-13(14)24)9-18-22-17-20-16-15(21-23-17)11-4-2-3-5-12(11)19-16/h2-8,24H,9H2,1H3,(H,19,20,23). The molecule has 2 N–H and O–H groups in total. The van der Waals surface area contributed by atoms with Crippen LogP contribution in [0.5, 0.6) is 11.5 Å². The number of nitrogens with one attached hydrogen (secondary N) is 1. The van der Waals surface area contributed by atoms with Crippen molar-refractivity contribution in [1.29, 1.82) is 0 Å². The van der Waals surface area contributed by atoms with Crippen molar-refractivity contribution in [2.75, 3.05) is 7.11 Å². The summed E-state index contributed by atoms with van der Waals surface area (Å²) in [5, 5.41) is 26.8. The molecule has 0 radical (unpaired) electrons. The fraction of sp³-hybridized carbons (Fsp3) is 0.118. The smallest absolute Gasteiger partial charge is 0.289 e. The summed E-state index contributed by atoms with van der Waals surface area (Å²) in [6, 6.07) is 12.8. The normalized spacial score (nSPS) is 11.6. The number of phenolic OH excluding ortho intramolecular Hbond substituents is 1. The van der Waals surface area contributed by atoms with Crippen LogP contribution in [0.4, 0.5) is 5.95 Å². The lowest BCUT2D eigenvalue weighted by atomic mass is 10.2. The second-order valence-electron chi connectivity index (χ2n) is 5.39. The van der Waals surface area contributed by atoms with Crippen molar-refractivity contribution in [1.82, 2.24) is 20.2 Å². The highest BCUT2D eigenvalue weighted by atomic mass is 16.5. The summed E-state index contributed by atoms with van der Waals surface area (Å²) in [7, 11) is 1.50. The van der Waals surface area contributed by atoms with Gasteiger partial charge in [0.2, 0.25) is 0 Å². The van der Waals surface area contributed by atoms with E-state index in [9.17, 15) is 5.11 Å². The van der Waals surface area contributed by atoms with E-state index in [1.54, 1.807) is 18.2 Å². The molecule has 0 aliphatic carbocycles. The fourth-order valence-electron chi connectivity index (χ4n) is 2.56. The van der Waals surface area contributed by atoms with Gasteiger partial charge in [-0.05, 0) is 23.8 Å². The average Bonchev–Trinajstić information content (AvgIpc) is 3.01. The zero-order valence-electron chi connectivity index (χ0n) is 13.3. The van der Waals surface area contributed by atoms with Gasteiger partial charge < -0.3 is 14.8 Å². The summed E-state index contributed by atoms with van der Waals surface area (Å²) in [5.41, 5.74) is 3.12. The van der Waals surface area contributed by atoms with Crippen molar-refractivity contribution >= 4 is 28.0 Å². The van der Waals surface area contributed by atoms with E-state index < -0.39 is 0 Å². The molecule has 0 bridgehead atoms. The first-order valence-corrected chi connectivity index (χ1v) is 7.59. The minimum Gasteiger partial charge on any atom is -0.504 e. The number of fused-ring (bicyclic) bond motifs is 3. The first kappa shape index (κ1) is 15.0. The van der Waals surface area contributed by atoms with E-state index in [-0.39, 0.29) is 11.7 Å². The Bertz CT molecular complexity index is 1090. The first-order chi connectivity index (χ1) is 12.2. The number of phenols is 1. The number of H-pyrrole nitrogens is 1. The largest absolute Gasteiger partial charge is 0.504 e. The Morgan fingerprint density at radius 2 is 2.04 bits per heavy atom. The molecule has 0 amide bonds. The van der Waals surface area contributed by atoms with Crippen molar-refractivity contribution in [2.45, 2.75) is 6.54 Å². The molecule has 2 aromatic carbocycles. The predicted octanol–water partition coefficient (Wildman–Crippen LogP) is 3.50. The van der Waals surface area contributed by atoms with Gasteiger partial charge >= 0.3 is 0 Å². The summed E-state index contributed by atoms with van der Waals surface area (Å²) >= 11 is 0. The molecular formula is C17H14N6O2. The zero-order chi connectivity index (χ0) is 17.2. The number of aromatic nitrogens is 4. The molecule has 25 heavy (non-hydrogen) atoms. The maximum Gasteiger partial charge on any atom is 0.289 e. The lowest BCUT2D eigenvalue weighted by molar-refractivity contribution is 0.373. The van der Waals surface area contributed by atoms with Crippen molar-refractivity contribution in [3.8, 4) is 11.5 Å². The molecule has 2 aromatic heterocycles. The molecule has 0 saturated carbocycles. The Kier molecular flexibility index (Phi) is 3.70. The number of para-hydroxylation sites is 1. The number of hydrogen-bond acceptors (Lipinski definition) is 7. The van der Waals surface area contributed by atoms with E-state index in [1.165, 1.54) is 7.11 Å². The second-order valence-corrected chi connectivity index (χ2v) is 5.39. The number of aromatic hydroxyl groups is 1. The summed E-state index contributed by atoms with van der Waals surface area (Å²) in [4.78, 5) is 7.53. The van der Waals surface area contributed by atoms with E-state index in [0.717, 1.165) is 16.5 Å². The van der Waals surface area contributed by atoms with Crippen LogP contribution in [-0.2, 0) is 6.54 Å². The quantitative estimate of drug-likeness (QED) is 0.555. The Hall–Kier alpha value is -3.55. The monoisotopic (exact) mass is 334 g/mol. The number of benzene rings is 2. The van der Waals surface area contributed by atoms with Crippen LogP contribution in [0, 0.1) is 0 Å². The van der Waals surface area contributed by atoms with Crippen LogP contribution in [0.15, 0.2) is 52.7 Å². The molecule has 0 aliphatic rings. The van der Waals surface area contributed by atoms with Crippen molar-refractivity contribution in [2.24, 2.45) is 10.2 Å². The van der Waals surface area contributed by atoms with Crippen molar-refractivity contribution in [3.05, 3.63) is 48.0 Å². The van der Waals surface area contributed by atoms with E-state index in [0.29, 0.717) is 23.5 Å². The number of aromatic amines is 1. The molecule has 4 rings (SSSR count). The van der Waals surface area contributed by atoms with Gasteiger partial charge in [-0.25, -0.2) is 0 Å². The number of methoxy groups -OCH3 is 1. The molecule has 4 aromatic rings. The second kappa shape index (κ2) is 6.16. The molecule has 8 heteroatoms. The van der Waals surface area contributed by atoms with Crippen LogP contribution < -0.4 is 4.74 Å². The molecule has 124 valence electrons. The molecule has 0 aliphatic heterocycles. The van der Waals surface area contributed by atoms with E-state index in [1.807, 2.05) is 24.3 Å². The van der Waals surface area contributed by atoms with Gasteiger partial charge in [0.1, 0.15) is 5.52 Å². The summed E-state index contributed by atoms with van der Waals surface area (Å²) in [5.74, 6) is 0.662. The van der Waals surface area contributed by atoms with Crippen LogP contribution >= 0.6 is 0 Å². The Morgan fingerprint density at radius 1 is 1.16 bits per heavy atom. The fourth-order valence-corrected chi connectivity index (χ4v) is 2.56. The van der Waals surface area contributed by atoms with Crippen LogP contribution in [0.2, 0.25) is 0 Å². The average molecular weight is 334 g/mol. The van der Waals surface area contributed by atoms with Gasteiger partial charge in [-0.15, -0.1) is 15.3 Å². The number of ether oxygens (including phenoxy) is 1. The van der Waals surface area contributed by atoms with E-state index in [4.69, 9.17) is 4.74 Å². The van der Waals surface area contributed by atoms with Crippen molar-refractivity contribution < 1.29 is 9.84 Å². The highest BCUT2D eigenvalue weighted by Gasteiger charge is 2.08. The minimum atomic E-state index is 0.0833. The SMILES string of the molecule is COc1cc(CN=Nc2nnc3c(n2)[nH]c2ccccc23)ccc1O. The number of hydrogen-bond donors (Lipinski definition) is 2.